The van der Waals surface area contributed by atoms with Gasteiger partial charge in [-0.05, 0) is 24.6 Å². The highest BCUT2D eigenvalue weighted by Gasteiger charge is 2.26. The molecule has 0 fully saturated rings. The van der Waals surface area contributed by atoms with Crippen LogP contribution < -0.4 is 4.74 Å². The fourth-order valence-corrected chi connectivity index (χ4v) is 2.23. The van der Waals surface area contributed by atoms with Gasteiger partial charge in [0.2, 0.25) is 0 Å². The molecule has 0 aliphatic heterocycles. The molecule has 4 nitrogen and oxygen atoms in total. The number of halogens is 4. The van der Waals surface area contributed by atoms with E-state index in [2.05, 4.69) is 20.7 Å². The van der Waals surface area contributed by atoms with Gasteiger partial charge >= 0.3 is 6.43 Å². The van der Waals surface area contributed by atoms with E-state index in [1.165, 1.54) is 6.92 Å². The molecule has 18 heavy (non-hydrogen) atoms. The molecule has 0 aliphatic carbocycles. The summed E-state index contributed by atoms with van der Waals surface area (Å²) < 4.78 is 72.2. The highest BCUT2D eigenvalue weighted by Crippen LogP contribution is 2.31. The van der Waals surface area contributed by atoms with Crippen LogP contribution in [-0.2, 0) is 10.1 Å². The van der Waals surface area contributed by atoms with Crippen LogP contribution >= 0.6 is 15.9 Å². The van der Waals surface area contributed by atoms with Gasteiger partial charge in [0.25, 0.3) is 16.5 Å². The monoisotopic (exact) mass is 348 g/mol. The molecule has 0 bridgehead atoms. The van der Waals surface area contributed by atoms with Gasteiger partial charge in [-0.2, -0.15) is 12.8 Å². The molecule has 0 radical (unpaired) electrons. The summed E-state index contributed by atoms with van der Waals surface area (Å²) in [4.78, 5) is -0.789. The summed E-state index contributed by atoms with van der Waals surface area (Å²) in [5.41, 5.74) is 0.430. The standard InChI is InChI=1S/C9H8BrF3O4S/c1-4-2-6(17-9(13)8(11)12)7(3-5(4)10)18(14,15)16/h2-3,8-9H,1H3,(H,14,15,16). The van der Waals surface area contributed by atoms with Gasteiger partial charge in [-0.3, -0.25) is 4.55 Å². The van der Waals surface area contributed by atoms with Crippen molar-refractivity contribution in [1.82, 2.24) is 0 Å². The molecule has 0 amide bonds. The Hall–Kier alpha value is -0.800. The Balaban J connectivity index is 3.29. The molecule has 1 N–H and O–H groups in total. The van der Waals surface area contributed by atoms with E-state index in [1.54, 1.807) is 0 Å². The molecule has 1 unspecified atom stereocenters. The average molecular weight is 349 g/mol. The molecule has 0 aliphatic rings. The molecular weight excluding hydrogens is 341 g/mol. The molecule has 1 aromatic rings. The van der Waals surface area contributed by atoms with E-state index in [4.69, 9.17) is 4.55 Å². The Morgan fingerprint density at radius 1 is 1.33 bits per heavy atom. The number of rotatable bonds is 4. The van der Waals surface area contributed by atoms with Crippen LogP contribution in [-0.4, -0.2) is 25.8 Å². The highest BCUT2D eigenvalue weighted by atomic mass is 79.9. The second-order valence-corrected chi connectivity index (χ2v) is 5.57. The Labute approximate surface area is 110 Å². The van der Waals surface area contributed by atoms with Crippen molar-refractivity contribution in [3.8, 4) is 5.75 Å². The van der Waals surface area contributed by atoms with Crippen LogP contribution in [0, 0.1) is 6.92 Å². The van der Waals surface area contributed by atoms with Crippen molar-refractivity contribution in [2.75, 3.05) is 0 Å². The Kier molecular flexibility index (Phi) is 4.62. The molecule has 1 rings (SSSR count). The van der Waals surface area contributed by atoms with Gasteiger partial charge in [-0.1, -0.05) is 15.9 Å². The first-order valence-electron chi connectivity index (χ1n) is 4.49. The van der Waals surface area contributed by atoms with Crippen molar-refractivity contribution < 1.29 is 30.9 Å². The fourth-order valence-electron chi connectivity index (χ4n) is 1.10. The number of alkyl halides is 3. The van der Waals surface area contributed by atoms with Crippen molar-refractivity contribution in [2.45, 2.75) is 24.6 Å². The topological polar surface area (TPSA) is 63.6 Å². The maximum atomic E-state index is 12.8. The molecule has 0 aromatic heterocycles. The summed E-state index contributed by atoms with van der Waals surface area (Å²) in [7, 11) is -4.71. The highest BCUT2D eigenvalue weighted by molar-refractivity contribution is 9.10. The number of hydrogen-bond donors (Lipinski definition) is 1. The summed E-state index contributed by atoms with van der Waals surface area (Å²) in [5, 5.41) is 0. The van der Waals surface area contributed by atoms with E-state index in [9.17, 15) is 21.6 Å². The smallest absolute Gasteiger partial charge is 0.304 e. The molecule has 9 heteroatoms. The Morgan fingerprint density at radius 3 is 2.33 bits per heavy atom. The quantitative estimate of drug-likeness (QED) is 0.849. The van der Waals surface area contributed by atoms with Crippen LogP contribution in [0.5, 0.6) is 5.75 Å². The zero-order chi connectivity index (χ0) is 14.1. The number of aryl methyl sites for hydroxylation is 1. The molecule has 0 saturated heterocycles. The van der Waals surface area contributed by atoms with E-state index >= 15 is 0 Å². The van der Waals surface area contributed by atoms with E-state index in [-0.39, 0.29) is 0 Å². The van der Waals surface area contributed by atoms with Crippen molar-refractivity contribution >= 4 is 26.0 Å². The number of hydrogen-bond acceptors (Lipinski definition) is 3. The molecule has 1 atom stereocenters. The minimum Gasteiger partial charge on any atom is -0.453 e. The zero-order valence-corrected chi connectivity index (χ0v) is 11.3. The third-order valence-electron chi connectivity index (χ3n) is 1.94. The van der Waals surface area contributed by atoms with Gasteiger partial charge in [0.05, 0.1) is 0 Å². The lowest BCUT2D eigenvalue weighted by molar-refractivity contribution is -0.0683. The van der Waals surface area contributed by atoms with Crippen LogP contribution in [0.2, 0.25) is 0 Å². The zero-order valence-electron chi connectivity index (χ0n) is 8.90. The minimum atomic E-state index is -4.71. The van der Waals surface area contributed by atoms with E-state index < -0.39 is 33.5 Å². The molecule has 0 saturated carbocycles. The predicted octanol–water partition coefficient (Wildman–Crippen LogP) is 2.94. The van der Waals surface area contributed by atoms with E-state index in [0.717, 1.165) is 12.1 Å². The van der Waals surface area contributed by atoms with Crippen LogP contribution in [0.3, 0.4) is 0 Å². The maximum Gasteiger partial charge on any atom is 0.304 e. The average Bonchev–Trinajstić information content (AvgIpc) is 2.21. The minimum absolute atomic E-state index is 0.301. The third kappa shape index (κ3) is 3.59. The lowest BCUT2D eigenvalue weighted by Gasteiger charge is -2.14. The second-order valence-electron chi connectivity index (χ2n) is 3.33. The van der Waals surface area contributed by atoms with Crippen molar-refractivity contribution in [3.63, 3.8) is 0 Å². The first-order chi connectivity index (χ1) is 8.12. The van der Waals surface area contributed by atoms with Crippen molar-refractivity contribution in [1.29, 1.82) is 0 Å². The van der Waals surface area contributed by atoms with E-state index in [1.807, 2.05) is 0 Å². The predicted molar refractivity (Wildman–Crippen MR) is 60.2 cm³/mol. The summed E-state index contributed by atoms with van der Waals surface area (Å²) in [6, 6.07) is 1.97. The van der Waals surface area contributed by atoms with Gasteiger partial charge in [-0.15, -0.1) is 0 Å². The van der Waals surface area contributed by atoms with Crippen LogP contribution in [0.15, 0.2) is 21.5 Å². The summed E-state index contributed by atoms with van der Waals surface area (Å²) in [5.74, 6) is -0.675. The normalized spacial score (nSPS) is 13.7. The SMILES string of the molecule is Cc1cc(OC(F)C(F)F)c(S(=O)(=O)O)cc1Br. The summed E-state index contributed by atoms with van der Waals surface area (Å²) >= 11 is 2.99. The lowest BCUT2D eigenvalue weighted by Crippen LogP contribution is -2.20. The maximum absolute atomic E-state index is 12.8. The first-order valence-corrected chi connectivity index (χ1v) is 6.72. The second kappa shape index (κ2) is 5.45. The van der Waals surface area contributed by atoms with Gasteiger partial charge in [-0.25, -0.2) is 8.78 Å². The van der Waals surface area contributed by atoms with Crippen LogP contribution in [0.4, 0.5) is 13.2 Å². The summed E-state index contributed by atoms with van der Waals surface area (Å²) in [6.07, 6.45) is -6.41. The van der Waals surface area contributed by atoms with Gasteiger partial charge in [0.1, 0.15) is 10.6 Å². The van der Waals surface area contributed by atoms with Crippen LogP contribution in [0.1, 0.15) is 5.56 Å². The molecule has 1 aromatic carbocycles. The fraction of sp³-hybridized carbons (Fsp3) is 0.333. The van der Waals surface area contributed by atoms with Crippen molar-refractivity contribution in [3.05, 3.63) is 22.2 Å². The van der Waals surface area contributed by atoms with E-state index in [0.29, 0.717) is 10.0 Å². The number of ether oxygens (including phenoxy) is 1. The molecule has 0 heterocycles. The lowest BCUT2D eigenvalue weighted by atomic mass is 10.2. The largest absolute Gasteiger partial charge is 0.453 e. The summed E-state index contributed by atoms with van der Waals surface area (Å²) in [6.45, 7) is 1.51. The third-order valence-corrected chi connectivity index (χ3v) is 3.67. The molecule has 102 valence electrons. The first kappa shape index (κ1) is 15.3. The van der Waals surface area contributed by atoms with Gasteiger partial charge < -0.3 is 4.74 Å². The molecule has 0 spiro atoms. The molecular formula is C9H8BrF3O4S. The Morgan fingerprint density at radius 2 is 1.89 bits per heavy atom. The van der Waals surface area contributed by atoms with Crippen LogP contribution in [0.25, 0.3) is 0 Å². The van der Waals surface area contributed by atoms with Gasteiger partial charge in [0, 0.05) is 4.47 Å². The van der Waals surface area contributed by atoms with Gasteiger partial charge in [0.15, 0.2) is 0 Å². The van der Waals surface area contributed by atoms with Crippen molar-refractivity contribution in [2.24, 2.45) is 0 Å². The number of benzene rings is 1. The Bertz CT molecular complexity index is 547.